The smallest absolute Gasteiger partial charge is 0.387 e. The number of halogens is 3. The lowest BCUT2D eigenvalue weighted by atomic mass is 10.0. The van der Waals surface area contributed by atoms with Crippen LogP contribution >= 0.6 is 11.6 Å². The number of nitrogens with one attached hydrogen (secondary N) is 1. The first kappa shape index (κ1) is 15.7. The third kappa shape index (κ3) is 3.71. The molecular weight excluding hydrogens is 320 g/mol. The molecule has 0 bridgehead atoms. The van der Waals surface area contributed by atoms with Crippen LogP contribution in [0.1, 0.15) is 0 Å². The lowest BCUT2D eigenvalue weighted by Crippen LogP contribution is -2.03. The van der Waals surface area contributed by atoms with E-state index in [1.807, 2.05) is 0 Å². The standard InChI is InChI=1S/C14H12ClF2NO2S/c1-21(18,19)13-7-6-9(8-11(13)15)10-4-2-3-5-12(10)20-14(16)17/h2-8,14,18H,1H3. The van der Waals surface area contributed by atoms with Gasteiger partial charge in [0.2, 0.25) is 0 Å². The van der Waals surface area contributed by atoms with E-state index in [9.17, 15) is 13.0 Å². The fraction of sp³-hybridized carbons (Fsp3) is 0.143. The largest absolute Gasteiger partial charge is 0.434 e. The maximum Gasteiger partial charge on any atom is 0.387 e. The third-order valence-electron chi connectivity index (χ3n) is 2.77. The molecule has 0 spiro atoms. The van der Waals surface area contributed by atoms with E-state index in [0.29, 0.717) is 11.1 Å². The summed E-state index contributed by atoms with van der Waals surface area (Å²) < 4.78 is 48.5. The van der Waals surface area contributed by atoms with Crippen LogP contribution in [0.4, 0.5) is 8.78 Å². The van der Waals surface area contributed by atoms with Gasteiger partial charge in [-0.2, -0.15) is 8.78 Å². The van der Waals surface area contributed by atoms with Gasteiger partial charge >= 0.3 is 6.61 Å². The molecule has 2 aromatic rings. The fourth-order valence-corrected chi connectivity index (χ4v) is 3.27. The van der Waals surface area contributed by atoms with Crippen molar-refractivity contribution in [2.45, 2.75) is 11.5 Å². The maximum atomic E-state index is 12.4. The lowest BCUT2D eigenvalue weighted by Gasteiger charge is -2.12. The van der Waals surface area contributed by atoms with Gasteiger partial charge in [0.05, 0.1) is 19.6 Å². The van der Waals surface area contributed by atoms with Crippen LogP contribution in [0, 0.1) is 4.78 Å². The summed E-state index contributed by atoms with van der Waals surface area (Å²) in [6.07, 6.45) is 1.27. The van der Waals surface area contributed by atoms with Gasteiger partial charge < -0.3 is 4.74 Å². The Morgan fingerprint density at radius 3 is 2.48 bits per heavy atom. The average Bonchev–Trinajstić information content (AvgIpc) is 2.37. The molecule has 0 saturated carbocycles. The van der Waals surface area contributed by atoms with E-state index < -0.39 is 16.3 Å². The predicted molar refractivity (Wildman–Crippen MR) is 78.6 cm³/mol. The molecule has 1 N–H and O–H groups in total. The summed E-state index contributed by atoms with van der Waals surface area (Å²) in [7, 11) is -2.94. The van der Waals surface area contributed by atoms with E-state index in [1.54, 1.807) is 24.3 Å². The molecule has 3 nitrogen and oxygen atoms in total. The van der Waals surface area contributed by atoms with Crippen LogP contribution in [-0.4, -0.2) is 17.1 Å². The molecule has 1 unspecified atom stereocenters. The van der Waals surface area contributed by atoms with Crippen molar-refractivity contribution in [1.82, 2.24) is 0 Å². The number of ether oxygens (including phenoxy) is 1. The lowest BCUT2D eigenvalue weighted by molar-refractivity contribution is -0.0494. The van der Waals surface area contributed by atoms with E-state index in [4.69, 9.17) is 16.4 Å². The van der Waals surface area contributed by atoms with Gasteiger partial charge in [-0.1, -0.05) is 35.9 Å². The molecule has 1 atom stereocenters. The summed E-state index contributed by atoms with van der Waals surface area (Å²) in [5.74, 6) is 0.0272. The summed E-state index contributed by atoms with van der Waals surface area (Å²) in [5.41, 5.74) is 0.988. The Morgan fingerprint density at radius 1 is 1.24 bits per heavy atom. The van der Waals surface area contributed by atoms with Gasteiger partial charge in [-0.25, -0.2) is 8.99 Å². The Morgan fingerprint density at radius 2 is 1.90 bits per heavy atom. The first-order valence-corrected chi connectivity index (χ1v) is 8.21. The summed E-state index contributed by atoms with van der Waals surface area (Å²) >= 11 is 6.03. The fourth-order valence-electron chi connectivity index (χ4n) is 1.89. The highest BCUT2D eigenvalue weighted by Crippen LogP contribution is 2.34. The van der Waals surface area contributed by atoms with Crippen LogP contribution in [-0.2, 0) is 9.73 Å². The van der Waals surface area contributed by atoms with Crippen molar-refractivity contribution in [3.63, 3.8) is 0 Å². The summed E-state index contributed by atoms with van der Waals surface area (Å²) in [5, 5.41) is 0.154. The molecule has 112 valence electrons. The van der Waals surface area contributed by atoms with Gasteiger partial charge in [0.15, 0.2) is 0 Å². The number of hydrogen-bond acceptors (Lipinski definition) is 3. The minimum absolute atomic E-state index is 0.0272. The van der Waals surface area contributed by atoms with Crippen LogP contribution in [0.15, 0.2) is 47.4 Å². The van der Waals surface area contributed by atoms with Crippen LogP contribution in [0.2, 0.25) is 5.02 Å². The molecule has 0 radical (unpaired) electrons. The monoisotopic (exact) mass is 331 g/mol. The summed E-state index contributed by atoms with van der Waals surface area (Å²) in [6.45, 7) is -2.93. The van der Waals surface area contributed by atoms with Crippen molar-refractivity contribution in [3.8, 4) is 16.9 Å². The van der Waals surface area contributed by atoms with E-state index in [-0.39, 0.29) is 15.7 Å². The van der Waals surface area contributed by atoms with Gasteiger partial charge in [-0.05, 0) is 23.8 Å². The van der Waals surface area contributed by atoms with Crippen LogP contribution in [0.3, 0.4) is 0 Å². The van der Waals surface area contributed by atoms with Crippen molar-refractivity contribution in [1.29, 1.82) is 4.78 Å². The topological polar surface area (TPSA) is 50.2 Å². The minimum Gasteiger partial charge on any atom is -0.434 e. The van der Waals surface area contributed by atoms with Crippen LogP contribution in [0.25, 0.3) is 11.1 Å². The van der Waals surface area contributed by atoms with E-state index >= 15 is 0 Å². The Balaban J connectivity index is 2.51. The number of hydrogen-bond donors (Lipinski definition) is 1. The van der Waals surface area contributed by atoms with Crippen molar-refractivity contribution < 1.29 is 17.7 Å². The third-order valence-corrected chi connectivity index (χ3v) is 4.39. The van der Waals surface area contributed by atoms with E-state index in [1.165, 1.54) is 24.5 Å². The van der Waals surface area contributed by atoms with Gasteiger partial charge in [0.1, 0.15) is 5.75 Å². The second-order valence-corrected chi connectivity index (χ2v) is 6.90. The molecule has 0 amide bonds. The molecule has 0 aliphatic carbocycles. The van der Waals surface area contributed by atoms with Crippen molar-refractivity contribution in [3.05, 3.63) is 47.5 Å². The Bertz CT molecular complexity index is 763. The summed E-state index contributed by atoms with van der Waals surface area (Å²) in [4.78, 5) is 0.208. The van der Waals surface area contributed by atoms with Crippen LogP contribution < -0.4 is 4.74 Å². The number of rotatable bonds is 4. The molecule has 0 saturated heterocycles. The zero-order valence-electron chi connectivity index (χ0n) is 11.0. The number of benzene rings is 2. The molecule has 0 aromatic heterocycles. The van der Waals surface area contributed by atoms with Crippen molar-refractivity contribution >= 4 is 21.3 Å². The molecule has 7 heteroatoms. The molecule has 0 aliphatic rings. The molecular formula is C14H12ClF2NO2S. The highest BCUT2D eigenvalue weighted by Gasteiger charge is 2.14. The molecule has 0 fully saturated rings. The highest BCUT2D eigenvalue weighted by atomic mass is 35.5. The Labute approximate surface area is 126 Å². The first-order chi connectivity index (χ1) is 9.79. The van der Waals surface area contributed by atoms with Crippen molar-refractivity contribution in [2.75, 3.05) is 6.26 Å². The second kappa shape index (κ2) is 5.99. The quantitative estimate of drug-likeness (QED) is 0.887. The Kier molecular flexibility index (Phi) is 4.49. The zero-order valence-corrected chi connectivity index (χ0v) is 12.5. The van der Waals surface area contributed by atoms with Gasteiger partial charge in [-0.3, -0.25) is 0 Å². The van der Waals surface area contributed by atoms with Gasteiger partial charge in [-0.15, -0.1) is 0 Å². The van der Waals surface area contributed by atoms with E-state index in [0.717, 1.165) is 0 Å². The highest BCUT2D eigenvalue weighted by molar-refractivity contribution is 7.91. The van der Waals surface area contributed by atoms with Gasteiger partial charge in [0.25, 0.3) is 0 Å². The zero-order chi connectivity index (χ0) is 15.6. The van der Waals surface area contributed by atoms with Crippen LogP contribution in [0.5, 0.6) is 5.75 Å². The molecule has 0 aliphatic heterocycles. The molecule has 0 heterocycles. The molecule has 21 heavy (non-hydrogen) atoms. The first-order valence-electron chi connectivity index (χ1n) is 5.86. The minimum atomic E-state index is -2.94. The summed E-state index contributed by atoms with van der Waals surface area (Å²) in [6, 6.07) is 10.8. The molecule has 2 rings (SSSR count). The van der Waals surface area contributed by atoms with E-state index in [2.05, 4.69) is 4.74 Å². The normalized spacial score (nSPS) is 14.0. The van der Waals surface area contributed by atoms with Gasteiger partial charge in [0, 0.05) is 11.8 Å². The van der Waals surface area contributed by atoms with Crippen molar-refractivity contribution in [2.24, 2.45) is 0 Å². The predicted octanol–water partition coefficient (Wildman–Crippen LogP) is 4.64. The SMILES string of the molecule is CS(=N)(=O)c1ccc(-c2ccccc2OC(F)F)cc1Cl. The second-order valence-electron chi connectivity index (χ2n) is 4.36. The average molecular weight is 332 g/mol. The molecule has 2 aromatic carbocycles. The number of para-hydroxylation sites is 1. The number of alkyl halides is 2. The maximum absolute atomic E-state index is 12.4. The Hall–Kier alpha value is -1.66.